The van der Waals surface area contributed by atoms with Gasteiger partial charge in [0.15, 0.2) is 0 Å². The van der Waals surface area contributed by atoms with Crippen molar-refractivity contribution in [3.63, 3.8) is 0 Å². The van der Waals surface area contributed by atoms with Gasteiger partial charge in [-0.1, -0.05) is 12.1 Å². The highest BCUT2D eigenvalue weighted by molar-refractivity contribution is 5.94. The van der Waals surface area contributed by atoms with Gasteiger partial charge in [-0.25, -0.2) is 9.59 Å². The topological polar surface area (TPSA) is 154 Å². The SMILES string of the molecule is COc1ccc2c(c1)CC(C(=O)Nc1ccc(-c3cn[nH]c3)cc1OCCN1CCCC1)CC2.O=C(O)C(F)(F)F.O=C(O)C(F)(F)F. The third-order valence-electron chi connectivity index (χ3n) is 7.43. The quantitative estimate of drug-likeness (QED) is 0.223. The number of nitrogens with zero attached hydrogens (tertiary/aromatic N) is 2. The van der Waals surface area contributed by atoms with Crippen molar-refractivity contribution in [2.75, 3.05) is 38.7 Å². The number of rotatable bonds is 8. The molecule has 0 radical (unpaired) electrons. The van der Waals surface area contributed by atoms with Crippen LogP contribution in [0.25, 0.3) is 11.1 Å². The molecule has 1 aromatic heterocycles. The molecule has 262 valence electrons. The monoisotopic (exact) mass is 688 g/mol. The van der Waals surface area contributed by atoms with Crippen molar-refractivity contribution in [3.8, 4) is 22.6 Å². The van der Waals surface area contributed by atoms with Crippen LogP contribution in [0.3, 0.4) is 0 Å². The van der Waals surface area contributed by atoms with Gasteiger partial charge >= 0.3 is 24.3 Å². The first-order valence-corrected chi connectivity index (χ1v) is 14.6. The molecule has 1 saturated heterocycles. The summed E-state index contributed by atoms with van der Waals surface area (Å²) in [7, 11) is 1.67. The number of benzene rings is 2. The Morgan fingerprint density at radius 1 is 0.958 bits per heavy atom. The second kappa shape index (κ2) is 16.9. The van der Waals surface area contributed by atoms with Crippen LogP contribution in [-0.2, 0) is 27.2 Å². The van der Waals surface area contributed by atoms with E-state index < -0.39 is 24.3 Å². The van der Waals surface area contributed by atoms with E-state index in [2.05, 4.69) is 32.5 Å². The minimum absolute atomic E-state index is 0.0360. The van der Waals surface area contributed by atoms with Gasteiger partial charge in [0.05, 0.1) is 19.0 Å². The second-order valence-electron chi connectivity index (χ2n) is 10.8. The number of ether oxygens (including phenoxy) is 2. The van der Waals surface area contributed by atoms with Gasteiger partial charge in [0, 0.05) is 24.2 Å². The molecule has 1 aliphatic carbocycles. The van der Waals surface area contributed by atoms with Crippen molar-refractivity contribution in [2.24, 2.45) is 5.92 Å². The standard InChI is InChI=1S/C27H32N4O3.2C2HF3O2/c1-33-24-8-6-19-4-5-21(14-22(19)15-24)27(32)30-25-9-7-20(23-17-28-29-18-23)16-26(25)34-13-12-31-10-2-3-11-31;2*3-2(4,5)1(6)7/h6-9,15-18,21H,2-5,10-14H2,1H3,(H,28,29)(H,30,32);2*(H,6,7). The fourth-order valence-corrected chi connectivity index (χ4v) is 4.94. The van der Waals surface area contributed by atoms with Crippen LogP contribution in [0.2, 0.25) is 0 Å². The van der Waals surface area contributed by atoms with Crippen molar-refractivity contribution in [3.05, 3.63) is 59.9 Å². The number of aryl methyl sites for hydroxylation is 1. The van der Waals surface area contributed by atoms with E-state index in [1.165, 1.54) is 24.0 Å². The zero-order valence-corrected chi connectivity index (χ0v) is 25.7. The summed E-state index contributed by atoms with van der Waals surface area (Å²) in [5.74, 6) is -4.02. The number of anilines is 1. The van der Waals surface area contributed by atoms with Gasteiger partial charge < -0.3 is 25.0 Å². The number of halogens is 6. The van der Waals surface area contributed by atoms with E-state index in [9.17, 15) is 31.1 Å². The Bertz CT molecular complexity index is 1500. The number of aromatic amines is 1. The molecule has 0 saturated carbocycles. The molecule has 1 amide bonds. The lowest BCUT2D eigenvalue weighted by atomic mass is 9.83. The number of aliphatic carboxylic acids is 2. The zero-order chi connectivity index (χ0) is 35.5. The number of carbonyl (C=O) groups is 3. The van der Waals surface area contributed by atoms with E-state index >= 15 is 0 Å². The van der Waals surface area contributed by atoms with Gasteiger partial charge in [-0.05, 0) is 86.1 Å². The van der Waals surface area contributed by atoms with E-state index in [1.54, 1.807) is 13.3 Å². The van der Waals surface area contributed by atoms with Gasteiger partial charge in [-0.2, -0.15) is 31.4 Å². The molecule has 1 unspecified atom stereocenters. The number of fused-ring (bicyclic) bond motifs is 1. The van der Waals surface area contributed by atoms with Crippen LogP contribution in [0.5, 0.6) is 11.5 Å². The number of amides is 1. The van der Waals surface area contributed by atoms with Crippen LogP contribution in [0.1, 0.15) is 30.4 Å². The Kier molecular flexibility index (Phi) is 13.2. The molecule has 2 aliphatic rings. The minimum Gasteiger partial charge on any atom is -0.497 e. The predicted octanol–water partition coefficient (Wildman–Crippen LogP) is 5.57. The van der Waals surface area contributed by atoms with E-state index in [0.29, 0.717) is 12.4 Å². The number of hydrogen-bond acceptors (Lipinski definition) is 7. The summed E-state index contributed by atoms with van der Waals surface area (Å²) in [6, 6.07) is 12.1. The molecule has 1 aliphatic heterocycles. The summed E-state index contributed by atoms with van der Waals surface area (Å²) < 4.78 is 75.1. The maximum atomic E-state index is 13.3. The number of nitrogens with one attached hydrogen (secondary N) is 2. The molecule has 5 rings (SSSR count). The van der Waals surface area contributed by atoms with Crippen molar-refractivity contribution < 1.29 is 60.4 Å². The lowest BCUT2D eigenvalue weighted by Gasteiger charge is -2.25. The number of alkyl halides is 6. The normalized spacial score (nSPS) is 15.9. The summed E-state index contributed by atoms with van der Waals surface area (Å²) >= 11 is 0. The molecule has 48 heavy (non-hydrogen) atoms. The molecule has 0 bridgehead atoms. The molecule has 2 aromatic carbocycles. The molecule has 17 heteroatoms. The fraction of sp³-hybridized carbons (Fsp3) is 0.419. The maximum Gasteiger partial charge on any atom is 0.490 e. The number of likely N-dealkylation sites (tertiary alicyclic amines) is 1. The highest BCUT2D eigenvalue weighted by atomic mass is 19.4. The van der Waals surface area contributed by atoms with E-state index in [4.69, 9.17) is 29.3 Å². The summed E-state index contributed by atoms with van der Waals surface area (Å²) in [6.45, 7) is 3.75. The number of carboxylic acid groups (broad SMARTS) is 2. The van der Waals surface area contributed by atoms with Crippen LogP contribution in [0.15, 0.2) is 48.8 Å². The van der Waals surface area contributed by atoms with Crippen LogP contribution in [0.4, 0.5) is 32.0 Å². The van der Waals surface area contributed by atoms with Gasteiger partial charge in [0.2, 0.25) is 5.91 Å². The van der Waals surface area contributed by atoms with Gasteiger partial charge in [0.1, 0.15) is 18.1 Å². The number of aromatic nitrogens is 2. The van der Waals surface area contributed by atoms with Crippen LogP contribution >= 0.6 is 0 Å². The largest absolute Gasteiger partial charge is 0.497 e. The minimum atomic E-state index is -5.08. The second-order valence-corrected chi connectivity index (χ2v) is 10.8. The molecular formula is C31H34F6N4O7. The predicted molar refractivity (Wildman–Crippen MR) is 160 cm³/mol. The maximum absolute atomic E-state index is 13.3. The van der Waals surface area contributed by atoms with Gasteiger partial charge in [-0.15, -0.1) is 0 Å². The van der Waals surface area contributed by atoms with E-state index in [1.807, 2.05) is 30.5 Å². The fourth-order valence-electron chi connectivity index (χ4n) is 4.94. The zero-order valence-electron chi connectivity index (χ0n) is 25.7. The first-order chi connectivity index (χ1) is 22.6. The highest BCUT2D eigenvalue weighted by Gasteiger charge is 2.39. The third kappa shape index (κ3) is 11.5. The summed E-state index contributed by atoms with van der Waals surface area (Å²) in [6.07, 6.45) is -1.55. The Morgan fingerprint density at radius 3 is 2.17 bits per heavy atom. The molecular weight excluding hydrogens is 654 g/mol. The number of carbonyl (C=O) groups excluding carboxylic acids is 1. The summed E-state index contributed by atoms with van der Waals surface area (Å²) in [4.78, 5) is 33.5. The first-order valence-electron chi connectivity index (χ1n) is 14.6. The lowest BCUT2D eigenvalue weighted by Crippen LogP contribution is -2.28. The lowest BCUT2D eigenvalue weighted by molar-refractivity contribution is -0.193. The Balaban J connectivity index is 0.000000376. The number of hydrogen-bond donors (Lipinski definition) is 4. The number of H-pyrrole nitrogens is 1. The Morgan fingerprint density at radius 2 is 1.60 bits per heavy atom. The molecule has 1 atom stereocenters. The number of methoxy groups -OCH3 is 1. The summed E-state index contributed by atoms with van der Waals surface area (Å²) in [5, 5.41) is 24.3. The van der Waals surface area contributed by atoms with Crippen molar-refractivity contribution in [1.82, 2.24) is 15.1 Å². The molecule has 4 N–H and O–H groups in total. The smallest absolute Gasteiger partial charge is 0.490 e. The van der Waals surface area contributed by atoms with E-state index in [-0.39, 0.29) is 11.8 Å². The number of carboxylic acids is 2. The van der Waals surface area contributed by atoms with Crippen LogP contribution in [0, 0.1) is 5.92 Å². The highest BCUT2D eigenvalue weighted by Crippen LogP contribution is 2.33. The van der Waals surface area contributed by atoms with Crippen LogP contribution in [-0.4, -0.2) is 88.9 Å². The summed E-state index contributed by atoms with van der Waals surface area (Å²) in [5.41, 5.74) is 5.21. The van der Waals surface area contributed by atoms with Crippen LogP contribution < -0.4 is 14.8 Å². The molecule has 2 heterocycles. The van der Waals surface area contributed by atoms with Crippen molar-refractivity contribution >= 4 is 23.5 Å². The molecule has 3 aromatic rings. The van der Waals surface area contributed by atoms with E-state index in [0.717, 1.165) is 61.5 Å². The molecule has 1 fully saturated rings. The average molecular weight is 689 g/mol. The molecule has 11 nitrogen and oxygen atoms in total. The average Bonchev–Trinajstić information content (AvgIpc) is 3.76. The van der Waals surface area contributed by atoms with Crippen molar-refractivity contribution in [2.45, 2.75) is 44.5 Å². The Labute approximate surface area is 270 Å². The van der Waals surface area contributed by atoms with Gasteiger partial charge in [-0.3, -0.25) is 14.8 Å². The molecule has 0 spiro atoms. The Hall–Kier alpha value is -4.80. The third-order valence-corrected chi connectivity index (χ3v) is 7.43. The first kappa shape index (κ1) is 37.7. The van der Waals surface area contributed by atoms with Gasteiger partial charge in [0.25, 0.3) is 0 Å². The van der Waals surface area contributed by atoms with Crippen molar-refractivity contribution in [1.29, 1.82) is 0 Å².